The Bertz CT molecular complexity index is 1330. The molecule has 1 aliphatic rings. The number of rotatable bonds is 5. The van der Waals surface area contributed by atoms with Crippen LogP contribution < -0.4 is 4.74 Å². The van der Waals surface area contributed by atoms with Crippen LogP contribution >= 0.6 is 0 Å². The highest BCUT2D eigenvalue weighted by Gasteiger charge is 2.43. The monoisotopic (exact) mass is 602 g/mol. The molecule has 224 valence electrons. The fourth-order valence-corrected chi connectivity index (χ4v) is 3.87. The molecule has 1 heterocycles. The van der Waals surface area contributed by atoms with E-state index in [9.17, 15) is 48.3 Å². The number of hydrogen-bond donors (Lipinski definition) is 0. The molecule has 0 saturated carbocycles. The smallest absolute Gasteiger partial charge is 0.429 e. The van der Waals surface area contributed by atoms with Crippen LogP contribution in [0.25, 0.3) is 11.1 Å². The van der Waals surface area contributed by atoms with Crippen LogP contribution in [0.2, 0.25) is 0 Å². The Morgan fingerprint density at radius 2 is 1.10 bits per heavy atom. The van der Waals surface area contributed by atoms with Crippen molar-refractivity contribution in [1.29, 1.82) is 0 Å². The average molecular weight is 602 g/mol. The predicted molar refractivity (Wildman–Crippen MR) is 123 cm³/mol. The van der Waals surface area contributed by atoms with Crippen LogP contribution in [-0.2, 0) is 21.8 Å². The van der Waals surface area contributed by atoms with Crippen LogP contribution in [0.15, 0.2) is 36.4 Å². The first-order valence-corrected chi connectivity index (χ1v) is 11.9. The molecule has 1 aliphatic heterocycles. The molecule has 0 unspecified atom stereocenters. The molecule has 0 radical (unpaired) electrons. The van der Waals surface area contributed by atoms with Crippen molar-refractivity contribution in [3.8, 4) is 16.9 Å². The lowest BCUT2D eigenvalue weighted by Gasteiger charge is -2.27. The topological polar surface area (TPSA) is 27.7 Å². The quantitative estimate of drug-likeness (QED) is 0.273. The fraction of sp³-hybridized carbons (Fsp3) is 0.333. The van der Waals surface area contributed by atoms with E-state index in [0.29, 0.717) is 0 Å². The van der Waals surface area contributed by atoms with Crippen molar-refractivity contribution in [3.63, 3.8) is 0 Å². The lowest BCUT2D eigenvalue weighted by Crippen LogP contribution is -2.26. The molecule has 0 amide bonds. The molecule has 14 heteroatoms. The van der Waals surface area contributed by atoms with Gasteiger partial charge in [0, 0.05) is 23.6 Å². The second kappa shape index (κ2) is 12.2. The maximum Gasteiger partial charge on any atom is 0.432 e. The van der Waals surface area contributed by atoms with Crippen LogP contribution in [0.3, 0.4) is 0 Å². The number of halogens is 11. The molecule has 0 aromatic heterocycles. The largest absolute Gasteiger partial charge is 0.432 e. The number of hydrogen-bond acceptors (Lipinski definition) is 3. The summed E-state index contributed by atoms with van der Waals surface area (Å²) < 4.78 is 168. The average Bonchev–Trinajstić information content (AvgIpc) is 2.83. The molecule has 1 saturated heterocycles. The Kier molecular flexibility index (Phi) is 9.58. The highest BCUT2D eigenvalue weighted by atomic mass is 19.4. The van der Waals surface area contributed by atoms with Gasteiger partial charge in [-0.3, -0.25) is 0 Å². The summed E-state index contributed by atoms with van der Waals surface area (Å²) in [5.74, 6) is -13.0. The molecule has 0 aliphatic carbocycles. The van der Waals surface area contributed by atoms with E-state index >= 15 is 0 Å². The third-order valence-electron chi connectivity index (χ3n) is 5.57. The summed E-state index contributed by atoms with van der Waals surface area (Å²) in [5.41, 5.74) is -6.44. The van der Waals surface area contributed by atoms with Gasteiger partial charge in [-0.1, -0.05) is 20.8 Å². The van der Waals surface area contributed by atoms with Gasteiger partial charge < -0.3 is 14.2 Å². The Morgan fingerprint density at radius 3 is 1.54 bits per heavy atom. The van der Waals surface area contributed by atoms with Crippen LogP contribution in [0.4, 0.5) is 48.3 Å². The van der Waals surface area contributed by atoms with Gasteiger partial charge in [-0.2, -0.15) is 22.0 Å². The Morgan fingerprint density at radius 1 is 0.659 bits per heavy atom. The van der Waals surface area contributed by atoms with Crippen molar-refractivity contribution in [2.24, 2.45) is 5.92 Å². The van der Waals surface area contributed by atoms with Crippen LogP contribution in [0.1, 0.15) is 43.8 Å². The number of benzene rings is 3. The SMILES string of the molecule is CC.CC1COC(c2cc(F)c(-c3cc(F)c(C(F)(F)Oc4cc(F)c(C(F)(F)F)c(F)c4)c(F)c3)c(F)c2)OC1. The molecule has 4 rings (SSSR count). The zero-order valence-electron chi connectivity index (χ0n) is 21.4. The van der Waals surface area contributed by atoms with Gasteiger partial charge in [0.2, 0.25) is 0 Å². The van der Waals surface area contributed by atoms with E-state index in [4.69, 9.17) is 9.47 Å². The molecule has 41 heavy (non-hydrogen) atoms. The summed E-state index contributed by atoms with van der Waals surface area (Å²) in [6.45, 7) is 6.27. The standard InChI is InChI=1S/C25H15F11O3.C2H6/c1-10-8-37-23(38-9-10)12-4-14(26)20(15(27)5-12)11-2-16(28)22(17(29)3-11)25(35,36)39-13-6-18(30)21(19(31)7-13)24(32,33)34;1-2/h2-7,10,23H,8-9H2,1H3;1-2H3. The number of alkyl halides is 5. The Hall–Kier alpha value is -3.39. The van der Waals surface area contributed by atoms with E-state index < -0.39 is 81.5 Å². The molecule has 0 bridgehead atoms. The van der Waals surface area contributed by atoms with Crippen LogP contribution in [-0.4, -0.2) is 13.2 Å². The van der Waals surface area contributed by atoms with Gasteiger partial charge in [-0.15, -0.1) is 0 Å². The summed E-state index contributed by atoms with van der Waals surface area (Å²) in [5, 5.41) is 0. The highest BCUT2D eigenvalue weighted by Crippen LogP contribution is 2.41. The van der Waals surface area contributed by atoms with Crippen molar-refractivity contribution >= 4 is 0 Å². The lowest BCUT2D eigenvalue weighted by atomic mass is 9.99. The summed E-state index contributed by atoms with van der Waals surface area (Å²) in [7, 11) is 0. The van der Waals surface area contributed by atoms with E-state index in [2.05, 4.69) is 4.74 Å². The van der Waals surface area contributed by atoms with Gasteiger partial charge in [0.15, 0.2) is 6.29 Å². The number of ether oxygens (including phenoxy) is 3. The second-order valence-corrected chi connectivity index (χ2v) is 8.66. The van der Waals surface area contributed by atoms with Gasteiger partial charge in [0.25, 0.3) is 0 Å². The third-order valence-corrected chi connectivity index (χ3v) is 5.57. The summed E-state index contributed by atoms with van der Waals surface area (Å²) in [6, 6.07) is 1.34. The van der Waals surface area contributed by atoms with Crippen LogP contribution in [0, 0.1) is 40.8 Å². The van der Waals surface area contributed by atoms with E-state index in [-0.39, 0.29) is 49.0 Å². The summed E-state index contributed by atoms with van der Waals surface area (Å²) in [4.78, 5) is 0. The summed E-state index contributed by atoms with van der Waals surface area (Å²) >= 11 is 0. The van der Waals surface area contributed by atoms with E-state index in [1.165, 1.54) is 0 Å². The van der Waals surface area contributed by atoms with Crippen molar-refractivity contribution in [2.45, 2.75) is 39.3 Å². The lowest BCUT2D eigenvalue weighted by molar-refractivity contribution is -0.202. The van der Waals surface area contributed by atoms with Crippen molar-refractivity contribution in [3.05, 3.63) is 88.0 Å². The molecule has 3 aromatic carbocycles. The van der Waals surface area contributed by atoms with E-state index in [0.717, 1.165) is 12.1 Å². The molecule has 0 atom stereocenters. The predicted octanol–water partition coefficient (Wildman–Crippen LogP) is 9.04. The fourth-order valence-electron chi connectivity index (χ4n) is 3.87. The molecule has 0 spiro atoms. The molecular weight excluding hydrogens is 581 g/mol. The molecule has 1 fully saturated rings. The third kappa shape index (κ3) is 6.92. The first-order chi connectivity index (χ1) is 19.1. The minimum Gasteiger partial charge on any atom is -0.429 e. The maximum atomic E-state index is 14.8. The highest BCUT2D eigenvalue weighted by molar-refractivity contribution is 5.66. The normalized spacial score (nSPS) is 17.6. The van der Waals surface area contributed by atoms with E-state index in [1.807, 2.05) is 20.8 Å². The van der Waals surface area contributed by atoms with E-state index in [1.54, 1.807) is 0 Å². The molecular formula is C27H21F11O3. The first-order valence-electron chi connectivity index (χ1n) is 11.9. The Balaban J connectivity index is 0.00000226. The second-order valence-electron chi connectivity index (χ2n) is 8.66. The zero-order chi connectivity index (χ0) is 30.9. The van der Waals surface area contributed by atoms with Gasteiger partial charge in [0.1, 0.15) is 51.8 Å². The first kappa shape index (κ1) is 32.1. The zero-order valence-corrected chi connectivity index (χ0v) is 21.4. The van der Waals surface area contributed by atoms with Crippen molar-refractivity contribution < 1.29 is 62.5 Å². The minimum absolute atomic E-state index is 0.0269. The van der Waals surface area contributed by atoms with Gasteiger partial charge in [-0.25, -0.2) is 26.3 Å². The van der Waals surface area contributed by atoms with Crippen LogP contribution in [0.5, 0.6) is 5.75 Å². The molecule has 3 nitrogen and oxygen atoms in total. The maximum absolute atomic E-state index is 14.8. The van der Waals surface area contributed by atoms with Gasteiger partial charge in [-0.05, 0) is 29.8 Å². The molecule has 3 aromatic rings. The van der Waals surface area contributed by atoms with Crippen molar-refractivity contribution in [1.82, 2.24) is 0 Å². The Labute approximate surface area is 226 Å². The molecule has 0 N–H and O–H groups in total. The van der Waals surface area contributed by atoms with Gasteiger partial charge in [0.05, 0.1) is 18.8 Å². The van der Waals surface area contributed by atoms with Crippen molar-refractivity contribution in [2.75, 3.05) is 13.2 Å². The summed E-state index contributed by atoms with van der Waals surface area (Å²) in [6.07, 6.45) is -11.7. The van der Waals surface area contributed by atoms with Gasteiger partial charge >= 0.3 is 12.3 Å². The minimum atomic E-state index is -5.51.